The van der Waals surface area contributed by atoms with Crippen molar-refractivity contribution in [3.8, 4) is 0 Å². The minimum absolute atomic E-state index is 0.00543. The predicted molar refractivity (Wildman–Crippen MR) is 101 cm³/mol. The summed E-state index contributed by atoms with van der Waals surface area (Å²) in [6, 6.07) is -0.407. The van der Waals surface area contributed by atoms with Gasteiger partial charge in [-0.3, -0.25) is 19.2 Å². The number of Topliss-reactive ketones (excluding diaryl/α,β-unsaturated/α-hetero) is 1. The molecule has 0 aliphatic heterocycles. The van der Waals surface area contributed by atoms with Crippen molar-refractivity contribution < 1.29 is 24.3 Å². The van der Waals surface area contributed by atoms with Crippen LogP contribution in [0.25, 0.3) is 0 Å². The Bertz CT molecular complexity index is 529. The molecule has 1 saturated carbocycles. The van der Waals surface area contributed by atoms with Gasteiger partial charge in [-0.15, -0.1) is 0 Å². The Morgan fingerprint density at radius 3 is 2.30 bits per heavy atom. The lowest BCUT2D eigenvalue weighted by Crippen LogP contribution is -2.43. The van der Waals surface area contributed by atoms with E-state index in [0.29, 0.717) is 25.8 Å². The Morgan fingerprint density at radius 2 is 1.74 bits per heavy atom. The molecule has 1 fully saturated rings. The van der Waals surface area contributed by atoms with Crippen molar-refractivity contribution in [3.05, 3.63) is 0 Å². The molecule has 2 unspecified atom stereocenters. The molecule has 0 radical (unpaired) electrons. The SMILES string of the molecule is CC(=O)C(N)CCCCNC(=O)C1CCC(NC(=O)C(C)CC(=O)O)CC1. The molecule has 2 atom stereocenters. The van der Waals surface area contributed by atoms with Gasteiger partial charge in [-0.1, -0.05) is 6.92 Å². The minimum atomic E-state index is -0.985. The lowest BCUT2D eigenvalue weighted by Gasteiger charge is -2.29. The van der Waals surface area contributed by atoms with Gasteiger partial charge in [0.05, 0.1) is 12.5 Å². The topological polar surface area (TPSA) is 139 Å². The van der Waals surface area contributed by atoms with E-state index in [9.17, 15) is 19.2 Å². The first-order valence-electron chi connectivity index (χ1n) is 9.76. The van der Waals surface area contributed by atoms with Gasteiger partial charge in [0.25, 0.3) is 0 Å². The van der Waals surface area contributed by atoms with E-state index in [-0.39, 0.29) is 36.0 Å². The van der Waals surface area contributed by atoms with E-state index in [0.717, 1.165) is 25.7 Å². The lowest BCUT2D eigenvalue weighted by molar-refractivity contribution is -0.141. The van der Waals surface area contributed by atoms with E-state index in [4.69, 9.17) is 10.8 Å². The highest BCUT2D eigenvalue weighted by atomic mass is 16.4. The van der Waals surface area contributed by atoms with Gasteiger partial charge in [0, 0.05) is 24.4 Å². The van der Waals surface area contributed by atoms with E-state index in [2.05, 4.69) is 10.6 Å². The standard InChI is InChI=1S/C19H33N3O5/c1-12(11-17(24)25)18(26)22-15-8-6-14(7-9-15)19(27)21-10-4-3-5-16(20)13(2)23/h12,14-16H,3-11,20H2,1-2H3,(H,21,27)(H,22,26)(H,24,25). The Kier molecular flexibility index (Phi) is 9.99. The van der Waals surface area contributed by atoms with E-state index in [1.807, 2.05) is 0 Å². The van der Waals surface area contributed by atoms with Gasteiger partial charge < -0.3 is 21.5 Å². The molecule has 0 bridgehead atoms. The fourth-order valence-electron chi connectivity index (χ4n) is 3.25. The molecule has 1 aliphatic carbocycles. The molecule has 0 spiro atoms. The number of nitrogens with one attached hydrogen (secondary N) is 2. The fraction of sp³-hybridized carbons (Fsp3) is 0.789. The Labute approximate surface area is 160 Å². The van der Waals surface area contributed by atoms with Crippen LogP contribution in [0.1, 0.15) is 65.2 Å². The molecule has 0 aromatic rings. The molecule has 0 aromatic carbocycles. The van der Waals surface area contributed by atoms with Crippen LogP contribution in [0.2, 0.25) is 0 Å². The lowest BCUT2D eigenvalue weighted by atomic mass is 9.85. The molecule has 2 amide bonds. The monoisotopic (exact) mass is 383 g/mol. The number of carboxylic acids is 1. The van der Waals surface area contributed by atoms with Gasteiger partial charge in [0.2, 0.25) is 11.8 Å². The van der Waals surface area contributed by atoms with E-state index in [1.165, 1.54) is 6.92 Å². The number of nitrogens with two attached hydrogens (primary N) is 1. The molecule has 1 aliphatic rings. The van der Waals surface area contributed by atoms with Crippen molar-refractivity contribution >= 4 is 23.6 Å². The third-order valence-corrected chi connectivity index (χ3v) is 5.14. The third-order valence-electron chi connectivity index (χ3n) is 5.14. The predicted octanol–water partition coefficient (Wildman–Crippen LogP) is 0.975. The first-order chi connectivity index (χ1) is 12.7. The van der Waals surface area contributed by atoms with Crippen LogP contribution in [0.3, 0.4) is 0 Å². The Hall–Kier alpha value is -1.96. The number of hydrogen-bond donors (Lipinski definition) is 4. The average Bonchev–Trinajstić information content (AvgIpc) is 2.60. The molecule has 8 nitrogen and oxygen atoms in total. The molecule has 5 N–H and O–H groups in total. The van der Waals surface area contributed by atoms with Gasteiger partial charge >= 0.3 is 5.97 Å². The van der Waals surface area contributed by atoms with Crippen LogP contribution in [-0.2, 0) is 19.2 Å². The van der Waals surface area contributed by atoms with Crippen molar-refractivity contribution in [1.82, 2.24) is 10.6 Å². The number of carbonyl (C=O) groups excluding carboxylic acids is 3. The summed E-state index contributed by atoms with van der Waals surface area (Å²) >= 11 is 0. The summed E-state index contributed by atoms with van der Waals surface area (Å²) in [5.41, 5.74) is 5.67. The number of ketones is 1. The average molecular weight is 383 g/mol. The van der Waals surface area contributed by atoms with Crippen LogP contribution < -0.4 is 16.4 Å². The van der Waals surface area contributed by atoms with Gasteiger partial charge in [0.15, 0.2) is 0 Å². The highest BCUT2D eigenvalue weighted by molar-refractivity contribution is 5.83. The van der Waals surface area contributed by atoms with Crippen molar-refractivity contribution in [3.63, 3.8) is 0 Å². The fourth-order valence-corrected chi connectivity index (χ4v) is 3.25. The third kappa shape index (κ3) is 8.99. The first-order valence-corrected chi connectivity index (χ1v) is 9.76. The Morgan fingerprint density at radius 1 is 1.11 bits per heavy atom. The van der Waals surface area contributed by atoms with Crippen LogP contribution in [-0.4, -0.2) is 47.3 Å². The second-order valence-corrected chi connectivity index (χ2v) is 7.56. The summed E-state index contributed by atoms with van der Waals surface area (Å²) in [5.74, 6) is -1.81. The zero-order valence-electron chi connectivity index (χ0n) is 16.3. The molecule has 0 saturated heterocycles. The summed E-state index contributed by atoms with van der Waals surface area (Å²) in [6.45, 7) is 3.66. The van der Waals surface area contributed by atoms with Crippen LogP contribution in [0.5, 0.6) is 0 Å². The summed E-state index contributed by atoms with van der Waals surface area (Å²) < 4.78 is 0. The summed E-state index contributed by atoms with van der Waals surface area (Å²) in [5, 5.41) is 14.6. The highest BCUT2D eigenvalue weighted by Gasteiger charge is 2.28. The number of carboxylic acid groups (broad SMARTS) is 1. The van der Waals surface area contributed by atoms with E-state index < -0.39 is 17.9 Å². The number of hydrogen-bond acceptors (Lipinski definition) is 5. The number of unbranched alkanes of at least 4 members (excludes halogenated alkanes) is 1. The van der Waals surface area contributed by atoms with Crippen LogP contribution in [0, 0.1) is 11.8 Å². The molecular formula is C19H33N3O5. The molecule has 1 rings (SSSR count). The summed E-state index contributed by atoms with van der Waals surface area (Å²) in [7, 11) is 0. The molecule has 0 heterocycles. The zero-order valence-corrected chi connectivity index (χ0v) is 16.3. The second kappa shape index (κ2) is 11.7. The van der Waals surface area contributed by atoms with Gasteiger partial charge in [-0.2, -0.15) is 0 Å². The molecular weight excluding hydrogens is 350 g/mol. The van der Waals surface area contributed by atoms with Gasteiger partial charge in [-0.05, 0) is 51.9 Å². The van der Waals surface area contributed by atoms with E-state index >= 15 is 0 Å². The quantitative estimate of drug-likeness (QED) is 0.392. The van der Waals surface area contributed by atoms with Crippen molar-refractivity contribution in [1.29, 1.82) is 0 Å². The molecule has 27 heavy (non-hydrogen) atoms. The molecule has 0 aromatic heterocycles. The van der Waals surface area contributed by atoms with E-state index in [1.54, 1.807) is 6.92 Å². The van der Waals surface area contributed by atoms with Crippen molar-refractivity contribution in [2.75, 3.05) is 6.54 Å². The maximum absolute atomic E-state index is 12.2. The van der Waals surface area contributed by atoms with Gasteiger partial charge in [-0.25, -0.2) is 0 Å². The number of carbonyl (C=O) groups is 4. The largest absolute Gasteiger partial charge is 0.481 e. The zero-order chi connectivity index (χ0) is 20.4. The highest BCUT2D eigenvalue weighted by Crippen LogP contribution is 2.24. The van der Waals surface area contributed by atoms with Crippen LogP contribution in [0.15, 0.2) is 0 Å². The first kappa shape index (κ1) is 23.1. The smallest absolute Gasteiger partial charge is 0.304 e. The number of rotatable bonds is 11. The van der Waals surface area contributed by atoms with Crippen LogP contribution >= 0.6 is 0 Å². The maximum atomic E-state index is 12.2. The summed E-state index contributed by atoms with van der Waals surface area (Å²) in [6.07, 6.45) is 4.90. The Balaban J connectivity index is 2.20. The second-order valence-electron chi connectivity index (χ2n) is 7.56. The molecule has 154 valence electrons. The van der Waals surface area contributed by atoms with Crippen LogP contribution in [0.4, 0.5) is 0 Å². The summed E-state index contributed by atoms with van der Waals surface area (Å²) in [4.78, 5) is 45.9. The maximum Gasteiger partial charge on any atom is 0.304 e. The minimum Gasteiger partial charge on any atom is -0.481 e. The van der Waals surface area contributed by atoms with Gasteiger partial charge in [0.1, 0.15) is 5.78 Å². The molecule has 8 heteroatoms. The normalized spacial score (nSPS) is 21.7. The number of aliphatic carboxylic acids is 1. The van der Waals surface area contributed by atoms with Crippen molar-refractivity contribution in [2.24, 2.45) is 17.6 Å². The number of amides is 2. The van der Waals surface area contributed by atoms with Crippen molar-refractivity contribution in [2.45, 2.75) is 77.3 Å².